The molecule has 0 amide bonds. The van der Waals surface area contributed by atoms with E-state index in [1.54, 1.807) is 0 Å². The molecule has 11 heteroatoms. The normalized spacial score (nSPS) is 24.2. The summed E-state index contributed by atoms with van der Waals surface area (Å²) in [5, 5.41) is 3.31. The molecule has 4 fully saturated rings. The van der Waals surface area contributed by atoms with Crippen molar-refractivity contribution in [3.8, 4) is 17.1 Å². The highest BCUT2D eigenvalue weighted by molar-refractivity contribution is 5.62. The van der Waals surface area contributed by atoms with Crippen molar-refractivity contribution < 1.29 is 18.6 Å². The first-order valence-electron chi connectivity index (χ1n) is 15.0. The Bertz CT molecular complexity index is 1360. The number of rotatable bonds is 8. The predicted octanol–water partition coefficient (Wildman–Crippen LogP) is 3.30. The van der Waals surface area contributed by atoms with Gasteiger partial charge in [-0.2, -0.15) is 4.98 Å². The first-order chi connectivity index (χ1) is 20.6. The summed E-state index contributed by atoms with van der Waals surface area (Å²) >= 11 is 0. The lowest BCUT2D eigenvalue weighted by molar-refractivity contribution is -0.0928. The number of aromatic nitrogens is 3. The molecule has 4 saturated heterocycles. The van der Waals surface area contributed by atoms with E-state index in [1.807, 2.05) is 25.1 Å². The number of ether oxygens (including phenoxy) is 3. The van der Waals surface area contributed by atoms with Gasteiger partial charge in [0.15, 0.2) is 5.82 Å². The van der Waals surface area contributed by atoms with Crippen LogP contribution in [0.15, 0.2) is 48.8 Å². The fourth-order valence-corrected chi connectivity index (χ4v) is 6.05. The molecule has 7 rings (SSSR count). The van der Waals surface area contributed by atoms with Gasteiger partial charge in [-0.05, 0) is 61.4 Å². The Kier molecular flexibility index (Phi) is 7.90. The fourth-order valence-electron chi connectivity index (χ4n) is 6.05. The minimum absolute atomic E-state index is 0.350. The van der Waals surface area contributed by atoms with Crippen molar-refractivity contribution in [3.63, 3.8) is 0 Å². The molecule has 0 radical (unpaired) electrons. The number of benzene rings is 2. The van der Waals surface area contributed by atoms with Crippen molar-refractivity contribution in [2.75, 3.05) is 75.9 Å². The number of nitrogens with zero attached hydrogens (tertiary/aromatic N) is 6. The minimum atomic E-state index is -1.03. The number of alkyl halides is 1. The van der Waals surface area contributed by atoms with Gasteiger partial charge in [0.25, 0.3) is 0 Å². The maximum atomic E-state index is 14.9. The Hall–Kier alpha value is -3.38. The van der Waals surface area contributed by atoms with Crippen molar-refractivity contribution in [2.45, 2.75) is 37.7 Å². The molecule has 1 N–H and O–H groups in total. The number of piperazine rings is 1. The number of hydrogen-bond acceptors (Lipinski definition) is 10. The van der Waals surface area contributed by atoms with Crippen LogP contribution >= 0.6 is 0 Å². The fraction of sp³-hybridized carbons (Fsp3) is 0.516. The lowest BCUT2D eigenvalue weighted by Gasteiger charge is -2.43. The van der Waals surface area contributed by atoms with Gasteiger partial charge in [0, 0.05) is 56.2 Å². The molecular formula is C31H38FN7O3. The summed E-state index contributed by atoms with van der Waals surface area (Å²) in [7, 11) is 0. The molecule has 0 aliphatic carbocycles. The van der Waals surface area contributed by atoms with Gasteiger partial charge in [0.05, 0.1) is 38.5 Å². The molecule has 0 saturated carbocycles. The second-order valence-corrected chi connectivity index (χ2v) is 11.6. The minimum Gasteiger partial charge on any atom is -0.487 e. The average Bonchev–Trinajstić information content (AvgIpc) is 2.95. The van der Waals surface area contributed by atoms with Gasteiger partial charge >= 0.3 is 0 Å². The molecule has 222 valence electrons. The summed E-state index contributed by atoms with van der Waals surface area (Å²) in [6.45, 7) is 10.5. The lowest BCUT2D eigenvalue weighted by atomic mass is 10.0. The molecule has 2 aromatic carbocycles. The van der Waals surface area contributed by atoms with Gasteiger partial charge in [-0.15, -0.1) is 0 Å². The number of hydrogen-bond donors (Lipinski definition) is 1. The zero-order chi connectivity index (χ0) is 28.5. The number of anilines is 3. The van der Waals surface area contributed by atoms with E-state index in [4.69, 9.17) is 14.2 Å². The smallest absolute Gasteiger partial charge is 0.230 e. The Morgan fingerprint density at radius 2 is 1.62 bits per heavy atom. The van der Waals surface area contributed by atoms with E-state index in [0.29, 0.717) is 55.8 Å². The summed E-state index contributed by atoms with van der Waals surface area (Å²) in [6, 6.07) is 15.1. The van der Waals surface area contributed by atoms with Crippen molar-refractivity contribution in [2.24, 2.45) is 0 Å². The van der Waals surface area contributed by atoms with Gasteiger partial charge in [-0.1, -0.05) is 0 Å². The number of aryl methyl sites for hydroxylation is 1. The molecule has 5 heterocycles. The molecule has 10 nitrogen and oxygen atoms in total. The monoisotopic (exact) mass is 575 g/mol. The molecule has 42 heavy (non-hydrogen) atoms. The van der Waals surface area contributed by atoms with Crippen LogP contribution in [0.1, 0.15) is 12.0 Å². The first kappa shape index (κ1) is 27.5. The zero-order valence-electron chi connectivity index (χ0n) is 24.0. The van der Waals surface area contributed by atoms with E-state index in [0.717, 1.165) is 62.8 Å². The van der Waals surface area contributed by atoms with Crippen molar-refractivity contribution in [3.05, 3.63) is 54.4 Å². The highest BCUT2D eigenvalue weighted by Gasteiger charge is 2.36. The Labute approximate surface area is 245 Å². The SMILES string of the molecule is Cc1cc(-c2ncnc(Nc3ccc(N4CCN(C5COC5)CC4)cc3)n2)ccc1O[C@H]1CCN(C2COC2)C[C@H]1F. The third-order valence-corrected chi connectivity index (χ3v) is 8.87. The standard InChI is InChI=1S/C31H38FN7O3/c1-21-14-22(2-7-28(21)42-29-8-9-39(15-27(29)32)26-18-41-19-26)30-33-20-34-31(36-30)35-23-3-5-24(6-4-23)37-10-12-38(13-11-37)25-16-40-17-25/h2-7,14,20,25-27,29H,8-13,15-19H2,1H3,(H,33,34,35,36)/t27-,29+/m1/s1. The highest BCUT2D eigenvalue weighted by Crippen LogP contribution is 2.29. The average molecular weight is 576 g/mol. The van der Waals surface area contributed by atoms with Crippen molar-refractivity contribution in [1.82, 2.24) is 24.8 Å². The largest absolute Gasteiger partial charge is 0.487 e. The summed E-state index contributed by atoms with van der Waals surface area (Å²) < 4.78 is 31.7. The topological polar surface area (TPSA) is 88.1 Å². The second kappa shape index (κ2) is 12.1. The van der Waals surface area contributed by atoms with Gasteiger partial charge in [0.1, 0.15) is 24.4 Å². The first-order valence-corrected chi connectivity index (χ1v) is 15.0. The van der Waals surface area contributed by atoms with Crippen LogP contribution in [-0.2, 0) is 9.47 Å². The van der Waals surface area contributed by atoms with Crippen LogP contribution in [-0.4, -0.2) is 115 Å². The Morgan fingerprint density at radius 1 is 0.881 bits per heavy atom. The van der Waals surface area contributed by atoms with Crippen LogP contribution < -0.4 is 15.0 Å². The van der Waals surface area contributed by atoms with E-state index < -0.39 is 12.3 Å². The quantitative estimate of drug-likeness (QED) is 0.432. The summed E-state index contributed by atoms with van der Waals surface area (Å²) in [5.41, 5.74) is 3.90. The van der Waals surface area contributed by atoms with Crippen molar-refractivity contribution in [1.29, 1.82) is 0 Å². The van der Waals surface area contributed by atoms with Crippen LogP contribution in [0.5, 0.6) is 5.75 Å². The molecule has 1 aromatic heterocycles. The molecule has 0 spiro atoms. The molecule has 0 bridgehead atoms. The Morgan fingerprint density at radius 3 is 2.29 bits per heavy atom. The molecule has 4 aliphatic rings. The molecule has 0 unspecified atom stereocenters. The van der Waals surface area contributed by atoms with Gasteiger partial charge in [-0.25, -0.2) is 14.4 Å². The number of halogens is 1. The van der Waals surface area contributed by atoms with Gasteiger partial charge < -0.3 is 24.4 Å². The maximum absolute atomic E-state index is 14.9. The van der Waals surface area contributed by atoms with E-state index in [2.05, 4.69) is 59.2 Å². The zero-order valence-corrected chi connectivity index (χ0v) is 24.0. The van der Waals surface area contributed by atoms with E-state index in [-0.39, 0.29) is 0 Å². The molecule has 2 atom stereocenters. The van der Waals surface area contributed by atoms with E-state index in [1.165, 1.54) is 12.0 Å². The van der Waals surface area contributed by atoms with E-state index >= 15 is 0 Å². The second-order valence-electron chi connectivity index (χ2n) is 11.6. The summed E-state index contributed by atoms with van der Waals surface area (Å²) in [6.07, 6.45) is 0.704. The van der Waals surface area contributed by atoms with Crippen LogP contribution in [0, 0.1) is 6.92 Å². The number of nitrogens with one attached hydrogen (secondary N) is 1. The third kappa shape index (κ3) is 5.92. The molecular weight excluding hydrogens is 537 g/mol. The maximum Gasteiger partial charge on any atom is 0.230 e. The predicted molar refractivity (Wildman–Crippen MR) is 158 cm³/mol. The molecule has 3 aromatic rings. The van der Waals surface area contributed by atoms with E-state index in [9.17, 15) is 4.39 Å². The molecule has 4 aliphatic heterocycles. The highest BCUT2D eigenvalue weighted by atomic mass is 19.1. The summed E-state index contributed by atoms with van der Waals surface area (Å²) in [5.74, 6) is 1.73. The van der Waals surface area contributed by atoms with Crippen molar-refractivity contribution >= 4 is 17.3 Å². The third-order valence-electron chi connectivity index (χ3n) is 8.87. The van der Waals surface area contributed by atoms with Crippen LogP contribution in [0.2, 0.25) is 0 Å². The van der Waals surface area contributed by atoms with Crippen LogP contribution in [0.25, 0.3) is 11.4 Å². The number of piperidine rings is 1. The van der Waals surface area contributed by atoms with Crippen LogP contribution in [0.4, 0.5) is 21.7 Å². The van der Waals surface area contributed by atoms with Gasteiger partial charge in [-0.3, -0.25) is 9.80 Å². The summed E-state index contributed by atoms with van der Waals surface area (Å²) in [4.78, 5) is 20.5. The Balaban J connectivity index is 0.953. The van der Waals surface area contributed by atoms with Gasteiger partial charge in [0.2, 0.25) is 5.95 Å². The lowest BCUT2D eigenvalue weighted by Crippen LogP contribution is -2.56. The van der Waals surface area contributed by atoms with Crippen LogP contribution in [0.3, 0.4) is 0 Å². The number of likely N-dealkylation sites (tertiary alicyclic amines) is 1.